The number of likely N-dealkylation sites (N-methyl/N-ethyl adjacent to an activating group) is 1. The summed E-state index contributed by atoms with van der Waals surface area (Å²) in [5, 5.41) is 0. The molecule has 0 aliphatic carbocycles. The third-order valence-electron chi connectivity index (χ3n) is 2.08. The summed E-state index contributed by atoms with van der Waals surface area (Å²) in [4.78, 5) is 16.0. The van der Waals surface area contributed by atoms with Crippen LogP contribution in [0, 0.1) is 5.92 Å². The van der Waals surface area contributed by atoms with E-state index < -0.39 is 0 Å². The van der Waals surface area contributed by atoms with Gasteiger partial charge < -0.3 is 15.5 Å². The van der Waals surface area contributed by atoms with Gasteiger partial charge in [-0.25, -0.2) is 0 Å². The van der Waals surface area contributed by atoms with Crippen LogP contribution in [0.4, 0.5) is 0 Å². The van der Waals surface area contributed by atoms with Crippen molar-refractivity contribution in [2.45, 2.75) is 20.3 Å². The summed E-state index contributed by atoms with van der Waals surface area (Å²) < 4.78 is 0. The van der Waals surface area contributed by atoms with Crippen LogP contribution in [0.25, 0.3) is 0 Å². The summed E-state index contributed by atoms with van der Waals surface area (Å²) in [6.45, 7) is 6.53. The quantitative estimate of drug-likeness (QED) is 0.671. The minimum atomic E-state index is 0.0306. The molecular formula is C11H23N3OS. The molecule has 0 spiro atoms. The maximum atomic E-state index is 11.8. The van der Waals surface area contributed by atoms with Crippen LogP contribution in [0.5, 0.6) is 0 Å². The van der Waals surface area contributed by atoms with Gasteiger partial charge in [0.15, 0.2) is 0 Å². The molecule has 0 aromatic rings. The van der Waals surface area contributed by atoms with Crippen molar-refractivity contribution in [1.82, 2.24) is 9.80 Å². The lowest BCUT2D eigenvalue weighted by Crippen LogP contribution is -2.40. The van der Waals surface area contributed by atoms with Gasteiger partial charge in [-0.3, -0.25) is 4.79 Å². The van der Waals surface area contributed by atoms with Crippen molar-refractivity contribution in [1.29, 1.82) is 0 Å². The van der Waals surface area contributed by atoms with Crippen LogP contribution in [-0.2, 0) is 4.79 Å². The lowest BCUT2D eigenvalue weighted by Gasteiger charge is -2.26. The number of amides is 1. The van der Waals surface area contributed by atoms with Crippen molar-refractivity contribution < 1.29 is 4.79 Å². The summed E-state index contributed by atoms with van der Waals surface area (Å²) in [6.07, 6.45) is 0.176. The molecule has 0 unspecified atom stereocenters. The van der Waals surface area contributed by atoms with Gasteiger partial charge in [-0.05, 0) is 20.0 Å². The first-order chi connectivity index (χ1) is 7.32. The molecule has 0 radical (unpaired) electrons. The minimum absolute atomic E-state index is 0.0306. The first kappa shape index (κ1) is 15.3. The van der Waals surface area contributed by atoms with Crippen LogP contribution < -0.4 is 5.73 Å². The van der Waals surface area contributed by atoms with E-state index in [1.807, 2.05) is 19.0 Å². The highest BCUT2D eigenvalue weighted by Crippen LogP contribution is 2.02. The normalized spacial score (nSPS) is 10.9. The Balaban J connectivity index is 4.28. The molecule has 0 atom stereocenters. The molecule has 94 valence electrons. The van der Waals surface area contributed by atoms with Crippen molar-refractivity contribution in [3.63, 3.8) is 0 Å². The minimum Gasteiger partial charge on any atom is -0.393 e. The molecule has 0 aromatic carbocycles. The first-order valence-corrected chi connectivity index (χ1v) is 5.94. The number of nitrogens with zero attached hydrogens (tertiary/aromatic N) is 2. The SMILES string of the molecule is CC(C)CN(CCN(C)C)C(=O)CC(N)=S. The van der Waals surface area contributed by atoms with E-state index in [0.717, 1.165) is 19.6 Å². The van der Waals surface area contributed by atoms with E-state index in [1.165, 1.54) is 0 Å². The molecule has 0 aliphatic heterocycles. The number of hydrogen-bond donors (Lipinski definition) is 1. The third-order valence-corrected chi connectivity index (χ3v) is 2.23. The predicted molar refractivity (Wildman–Crippen MR) is 71.4 cm³/mol. The molecule has 5 heteroatoms. The van der Waals surface area contributed by atoms with Crippen molar-refractivity contribution >= 4 is 23.1 Å². The molecule has 0 rings (SSSR count). The number of hydrogen-bond acceptors (Lipinski definition) is 3. The van der Waals surface area contributed by atoms with E-state index in [1.54, 1.807) is 0 Å². The molecule has 16 heavy (non-hydrogen) atoms. The van der Waals surface area contributed by atoms with Gasteiger partial charge in [0.2, 0.25) is 5.91 Å². The van der Waals surface area contributed by atoms with Crippen LogP contribution >= 0.6 is 12.2 Å². The Labute approximate surface area is 104 Å². The summed E-state index contributed by atoms with van der Waals surface area (Å²) >= 11 is 4.76. The Hall–Kier alpha value is -0.680. The average Bonchev–Trinajstić information content (AvgIpc) is 2.09. The second kappa shape index (κ2) is 7.57. The van der Waals surface area contributed by atoms with Crippen molar-refractivity contribution in [3.05, 3.63) is 0 Å². The zero-order valence-electron chi connectivity index (χ0n) is 10.7. The van der Waals surface area contributed by atoms with Gasteiger partial charge >= 0.3 is 0 Å². The highest BCUT2D eigenvalue weighted by atomic mass is 32.1. The lowest BCUT2D eigenvalue weighted by atomic mass is 10.2. The summed E-state index contributed by atoms with van der Waals surface area (Å²) in [7, 11) is 3.98. The van der Waals surface area contributed by atoms with Gasteiger partial charge in [-0.2, -0.15) is 0 Å². The van der Waals surface area contributed by atoms with E-state index in [9.17, 15) is 4.79 Å². The molecule has 4 nitrogen and oxygen atoms in total. The Morgan fingerprint density at radius 2 is 1.88 bits per heavy atom. The van der Waals surface area contributed by atoms with Gasteiger partial charge in [-0.1, -0.05) is 26.1 Å². The van der Waals surface area contributed by atoms with Gasteiger partial charge in [0.05, 0.1) is 11.4 Å². The number of carbonyl (C=O) groups excluding carboxylic acids is 1. The summed E-state index contributed by atoms with van der Waals surface area (Å²) in [6, 6.07) is 0. The monoisotopic (exact) mass is 245 g/mol. The Morgan fingerprint density at radius 1 is 1.31 bits per heavy atom. The standard InChI is InChI=1S/C11H23N3OS/c1-9(2)8-14(6-5-13(3)4)11(15)7-10(12)16/h9H,5-8H2,1-4H3,(H2,12,16). The zero-order chi connectivity index (χ0) is 12.7. The van der Waals surface area contributed by atoms with Crippen LogP contribution in [-0.4, -0.2) is 54.4 Å². The second-order valence-electron chi connectivity index (χ2n) is 4.68. The predicted octanol–water partition coefficient (Wildman–Crippen LogP) is 0.709. The number of rotatable bonds is 7. The van der Waals surface area contributed by atoms with E-state index in [-0.39, 0.29) is 17.3 Å². The third kappa shape index (κ3) is 7.59. The molecule has 0 fully saturated rings. The molecule has 0 bridgehead atoms. The van der Waals surface area contributed by atoms with E-state index in [4.69, 9.17) is 18.0 Å². The highest BCUT2D eigenvalue weighted by molar-refractivity contribution is 7.80. The maximum Gasteiger partial charge on any atom is 0.229 e. The molecule has 0 aromatic heterocycles. The van der Waals surface area contributed by atoms with Gasteiger partial charge in [0.1, 0.15) is 0 Å². The van der Waals surface area contributed by atoms with Crippen LogP contribution in [0.3, 0.4) is 0 Å². The lowest BCUT2D eigenvalue weighted by molar-refractivity contribution is -0.130. The molecule has 0 aliphatic rings. The molecule has 0 saturated heterocycles. The van der Waals surface area contributed by atoms with E-state index in [2.05, 4.69) is 18.7 Å². The topological polar surface area (TPSA) is 49.6 Å². The van der Waals surface area contributed by atoms with Gasteiger partial charge in [0, 0.05) is 19.6 Å². The smallest absolute Gasteiger partial charge is 0.229 e. The summed E-state index contributed by atoms with van der Waals surface area (Å²) in [5.74, 6) is 0.487. The highest BCUT2D eigenvalue weighted by Gasteiger charge is 2.15. The number of nitrogens with two attached hydrogens (primary N) is 1. The largest absolute Gasteiger partial charge is 0.393 e. The van der Waals surface area contributed by atoms with Crippen LogP contribution in [0.2, 0.25) is 0 Å². The van der Waals surface area contributed by atoms with Crippen LogP contribution in [0.15, 0.2) is 0 Å². The van der Waals surface area contributed by atoms with Crippen LogP contribution in [0.1, 0.15) is 20.3 Å². The summed E-state index contributed by atoms with van der Waals surface area (Å²) in [5.41, 5.74) is 5.39. The molecular weight excluding hydrogens is 222 g/mol. The zero-order valence-corrected chi connectivity index (χ0v) is 11.5. The fourth-order valence-electron chi connectivity index (χ4n) is 1.34. The number of carbonyl (C=O) groups is 1. The molecule has 0 saturated carbocycles. The fraction of sp³-hybridized carbons (Fsp3) is 0.818. The molecule has 2 N–H and O–H groups in total. The van der Waals surface area contributed by atoms with E-state index >= 15 is 0 Å². The second-order valence-corrected chi connectivity index (χ2v) is 5.20. The van der Waals surface area contributed by atoms with Gasteiger partial charge in [0.25, 0.3) is 0 Å². The Bertz CT molecular complexity index is 241. The Kier molecular flexibility index (Phi) is 7.25. The maximum absolute atomic E-state index is 11.8. The van der Waals surface area contributed by atoms with Gasteiger partial charge in [-0.15, -0.1) is 0 Å². The molecule has 0 heterocycles. The van der Waals surface area contributed by atoms with Crippen molar-refractivity contribution in [2.24, 2.45) is 11.7 Å². The fourth-order valence-corrected chi connectivity index (χ4v) is 1.46. The van der Waals surface area contributed by atoms with Crippen molar-refractivity contribution in [2.75, 3.05) is 33.7 Å². The Morgan fingerprint density at radius 3 is 2.25 bits per heavy atom. The first-order valence-electron chi connectivity index (χ1n) is 5.53. The van der Waals surface area contributed by atoms with Crippen molar-refractivity contribution in [3.8, 4) is 0 Å². The molecule has 1 amide bonds. The van der Waals surface area contributed by atoms with E-state index in [0.29, 0.717) is 5.92 Å². The average molecular weight is 245 g/mol. The number of thiocarbonyl (C=S) groups is 1.